The first-order valence-corrected chi connectivity index (χ1v) is 8.34. The molecule has 128 valence electrons. The van der Waals surface area contributed by atoms with Crippen LogP contribution in [0.2, 0.25) is 0 Å². The van der Waals surface area contributed by atoms with Crippen LogP contribution in [0.25, 0.3) is 0 Å². The molecule has 2 atom stereocenters. The Balaban J connectivity index is 1.74. The van der Waals surface area contributed by atoms with Crippen LogP contribution in [0.15, 0.2) is 54.9 Å². The van der Waals surface area contributed by atoms with E-state index in [1.807, 2.05) is 59.4 Å². The van der Waals surface area contributed by atoms with Crippen LogP contribution < -0.4 is 0 Å². The lowest BCUT2D eigenvalue weighted by Crippen LogP contribution is -2.56. The van der Waals surface area contributed by atoms with E-state index in [-0.39, 0.29) is 19.1 Å². The molecule has 1 fully saturated rings. The van der Waals surface area contributed by atoms with Gasteiger partial charge < -0.3 is 19.7 Å². The highest BCUT2D eigenvalue weighted by Crippen LogP contribution is 2.34. The lowest BCUT2D eigenvalue weighted by molar-refractivity contribution is -0.142. The fraction of sp³-hybridized carbons (Fsp3) is 0.421. The largest absolute Gasteiger partial charge is 0.396 e. The number of hydrogen-bond acceptors (Lipinski definition) is 3. The summed E-state index contributed by atoms with van der Waals surface area (Å²) in [7, 11) is 0. The number of piperidine rings is 1. The number of nitrogens with zero attached hydrogens (tertiary/aromatic N) is 2. The molecule has 1 aromatic carbocycles. The average Bonchev–Trinajstić information content (AvgIpc) is 3.11. The van der Waals surface area contributed by atoms with Crippen LogP contribution in [0.1, 0.15) is 12.0 Å². The van der Waals surface area contributed by atoms with Crippen molar-refractivity contribution in [1.82, 2.24) is 9.47 Å². The van der Waals surface area contributed by atoms with Gasteiger partial charge in [-0.25, -0.2) is 0 Å². The van der Waals surface area contributed by atoms with Gasteiger partial charge in [0.05, 0.1) is 12.7 Å². The van der Waals surface area contributed by atoms with Gasteiger partial charge in [-0.3, -0.25) is 4.79 Å². The van der Waals surface area contributed by atoms with E-state index in [9.17, 15) is 15.0 Å². The predicted octanol–water partition coefficient (Wildman–Crippen LogP) is 1.30. The Morgan fingerprint density at radius 3 is 2.54 bits per heavy atom. The minimum atomic E-state index is -0.702. The van der Waals surface area contributed by atoms with E-state index in [1.54, 1.807) is 4.90 Å². The zero-order valence-corrected chi connectivity index (χ0v) is 13.7. The maximum atomic E-state index is 12.6. The third-order valence-electron chi connectivity index (χ3n) is 4.94. The lowest BCUT2D eigenvalue weighted by Gasteiger charge is -2.45. The summed E-state index contributed by atoms with van der Waals surface area (Å²) < 4.78 is 1.84. The van der Waals surface area contributed by atoms with Gasteiger partial charge in [0, 0.05) is 30.9 Å². The van der Waals surface area contributed by atoms with E-state index in [2.05, 4.69) is 0 Å². The molecule has 5 nitrogen and oxygen atoms in total. The predicted molar refractivity (Wildman–Crippen MR) is 91.3 cm³/mol. The second-order valence-electron chi connectivity index (χ2n) is 6.66. The van der Waals surface area contributed by atoms with E-state index in [0.29, 0.717) is 25.9 Å². The Morgan fingerprint density at radius 1 is 1.17 bits per heavy atom. The molecule has 2 N–H and O–H groups in total. The lowest BCUT2D eigenvalue weighted by atomic mass is 9.73. The SMILES string of the molecule is O=C(Cn1cccc1)N1CC[C@H](O)[C@](CO)(Cc2ccccc2)C1. The standard InChI is InChI=1S/C19H24N2O3/c22-15-19(12-16-6-2-1-3-7-16)14-21(11-8-17(19)23)18(24)13-20-9-4-5-10-20/h1-7,9-10,17,22-23H,8,11-15H2/t17-,19+/m0/s1. The molecule has 2 heterocycles. The smallest absolute Gasteiger partial charge is 0.242 e. The second kappa shape index (κ2) is 7.20. The fourth-order valence-electron chi connectivity index (χ4n) is 3.48. The van der Waals surface area contributed by atoms with Crippen molar-refractivity contribution in [2.24, 2.45) is 5.41 Å². The topological polar surface area (TPSA) is 65.7 Å². The van der Waals surface area contributed by atoms with Crippen LogP contribution in [0, 0.1) is 5.41 Å². The molecule has 0 saturated carbocycles. The van der Waals surface area contributed by atoms with Crippen molar-refractivity contribution in [3.8, 4) is 0 Å². The molecule has 0 spiro atoms. The van der Waals surface area contributed by atoms with Gasteiger partial charge in [-0.2, -0.15) is 0 Å². The van der Waals surface area contributed by atoms with Crippen molar-refractivity contribution in [2.75, 3.05) is 19.7 Å². The Morgan fingerprint density at radius 2 is 1.88 bits per heavy atom. The van der Waals surface area contributed by atoms with Crippen molar-refractivity contribution in [3.05, 3.63) is 60.4 Å². The number of carbonyl (C=O) groups is 1. The second-order valence-corrected chi connectivity index (χ2v) is 6.66. The molecule has 3 rings (SSSR count). The summed E-state index contributed by atoms with van der Waals surface area (Å²) in [5, 5.41) is 20.6. The summed E-state index contributed by atoms with van der Waals surface area (Å²) >= 11 is 0. The van der Waals surface area contributed by atoms with Gasteiger partial charge in [0.25, 0.3) is 0 Å². The zero-order chi connectivity index (χ0) is 17.0. The molecule has 5 heteroatoms. The number of rotatable bonds is 5. The maximum absolute atomic E-state index is 12.6. The molecule has 1 saturated heterocycles. The third-order valence-corrected chi connectivity index (χ3v) is 4.94. The Labute approximate surface area is 142 Å². The van der Waals surface area contributed by atoms with Crippen LogP contribution in [0.3, 0.4) is 0 Å². The van der Waals surface area contributed by atoms with Crippen molar-refractivity contribution < 1.29 is 15.0 Å². The fourth-order valence-corrected chi connectivity index (χ4v) is 3.48. The first kappa shape index (κ1) is 16.7. The molecule has 1 amide bonds. The number of aliphatic hydroxyl groups is 2. The van der Waals surface area contributed by atoms with Crippen LogP contribution in [-0.4, -0.2) is 51.4 Å². The molecule has 0 aliphatic carbocycles. The van der Waals surface area contributed by atoms with Crippen LogP contribution >= 0.6 is 0 Å². The van der Waals surface area contributed by atoms with Gasteiger partial charge in [0.1, 0.15) is 6.54 Å². The molecule has 24 heavy (non-hydrogen) atoms. The number of amides is 1. The van der Waals surface area contributed by atoms with Crippen LogP contribution in [-0.2, 0) is 17.8 Å². The summed E-state index contributed by atoms with van der Waals surface area (Å²) in [6, 6.07) is 13.6. The molecule has 1 aliphatic heterocycles. The van der Waals surface area contributed by atoms with Gasteiger partial charge in [-0.15, -0.1) is 0 Å². The molecule has 0 radical (unpaired) electrons. The normalized spacial score (nSPS) is 24.1. The minimum absolute atomic E-state index is 0.0176. The van der Waals surface area contributed by atoms with E-state index in [4.69, 9.17) is 0 Å². The quantitative estimate of drug-likeness (QED) is 0.869. The minimum Gasteiger partial charge on any atom is -0.396 e. The molecule has 2 aromatic rings. The molecule has 1 aromatic heterocycles. The van der Waals surface area contributed by atoms with Crippen molar-refractivity contribution in [2.45, 2.75) is 25.5 Å². The highest BCUT2D eigenvalue weighted by Gasteiger charge is 2.43. The van der Waals surface area contributed by atoms with Gasteiger partial charge in [0.2, 0.25) is 5.91 Å². The molecule has 0 bridgehead atoms. The first-order valence-electron chi connectivity index (χ1n) is 8.34. The van der Waals surface area contributed by atoms with Crippen LogP contribution in [0.4, 0.5) is 0 Å². The summed E-state index contributed by atoms with van der Waals surface area (Å²) in [6.07, 6.45) is 4.15. The summed E-state index contributed by atoms with van der Waals surface area (Å²) in [6.45, 7) is 1.05. The van der Waals surface area contributed by atoms with Crippen molar-refractivity contribution in [1.29, 1.82) is 0 Å². The number of aliphatic hydroxyl groups excluding tert-OH is 2. The third kappa shape index (κ3) is 3.52. The maximum Gasteiger partial charge on any atom is 0.242 e. The number of benzene rings is 1. The monoisotopic (exact) mass is 328 g/mol. The number of aromatic nitrogens is 1. The van der Waals surface area contributed by atoms with Gasteiger partial charge >= 0.3 is 0 Å². The molecule has 1 aliphatic rings. The van der Waals surface area contributed by atoms with E-state index < -0.39 is 11.5 Å². The Hall–Kier alpha value is -2.11. The van der Waals surface area contributed by atoms with E-state index >= 15 is 0 Å². The molecular formula is C19H24N2O3. The highest BCUT2D eigenvalue weighted by atomic mass is 16.3. The number of hydrogen-bond donors (Lipinski definition) is 2. The van der Waals surface area contributed by atoms with Crippen molar-refractivity contribution >= 4 is 5.91 Å². The van der Waals surface area contributed by atoms with Crippen LogP contribution in [0.5, 0.6) is 0 Å². The summed E-state index contributed by atoms with van der Waals surface area (Å²) in [5.74, 6) is 0.0176. The summed E-state index contributed by atoms with van der Waals surface area (Å²) in [5.41, 5.74) is 0.358. The van der Waals surface area contributed by atoms with E-state index in [0.717, 1.165) is 5.56 Å². The number of likely N-dealkylation sites (tertiary alicyclic amines) is 1. The highest BCUT2D eigenvalue weighted by molar-refractivity contribution is 5.76. The van der Waals surface area contributed by atoms with Gasteiger partial charge in [-0.1, -0.05) is 30.3 Å². The Bertz CT molecular complexity index is 657. The summed E-state index contributed by atoms with van der Waals surface area (Å²) in [4.78, 5) is 14.3. The van der Waals surface area contributed by atoms with Gasteiger partial charge in [-0.05, 0) is 30.5 Å². The molecule has 0 unspecified atom stereocenters. The van der Waals surface area contributed by atoms with Gasteiger partial charge in [0.15, 0.2) is 0 Å². The number of carbonyl (C=O) groups excluding carboxylic acids is 1. The molecular weight excluding hydrogens is 304 g/mol. The van der Waals surface area contributed by atoms with Crippen molar-refractivity contribution in [3.63, 3.8) is 0 Å². The average molecular weight is 328 g/mol. The first-order chi connectivity index (χ1) is 11.6. The zero-order valence-electron chi connectivity index (χ0n) is 13.7. The van der Waals surface area contributed by atoms with E-state index in [1.165, 1.54) is 0 Å². The Kier molecular flexibility index (Phi) is 5.02.